The fraction of sp³-hybridized carbons (Fsp3) is 0.353. The highest BCUT2D eigenvalue weighted by molar-refractivity contribution is 5.96. The Labute approximate surface area is 141 Å². The number of carbonyl (C=O) groups excluding carboxylic acids is 2. The van der Waals surface area contributed by atoms with Gasteiger partial charge < -0.3 is 20.1 Å². The van der Waals surface area contributed by atoms with Crippen LogP contribution in [0, 0.1) is 0 Å². The largest absolute Gasteiger partial charge is 0.363 e. The van der Waals surface area contributed by atoms with E-state index in [2.05, 4.69) is 27.2 Å². The number of hydrogen-bond acceptors (Lipinski definition) is 4. The van der Waals surface area contributed by atoms with Gasteiger partial charge in [-0.25, -0.2) is 4.79 Å². The molecule has 1 aromatic heterocycles. The summed E-state index contributed by atoms with van der Waals surface area (Å²) in [6.45, 7) is 4.45. The molecule has 0 saturated heterocycles. The molecular formula is C17H22N4O3. The number of anilines is 2. The van der Waals surface area contributed by atoms with Gasteiger partial charge in [-0.1, -0.05) is 31.1 Å². The second-order valence-electron chi connectivity index (χ2n) is 5.34. The minimum absolute atomic E-state index is 0.0560. The van der Waals surface area contributed by atoms with E-state index in [1.54, 1.807) is 0 Å². The van der Waals surface area contributed by atoms with Crippen LogP contribution in [0.3, 0.4) is 0 Å². The average Bonchev–Trinajstić information content (AvgIpc) is 3.08. The molecule has 7 nitrogen and oxygen atoms in total. The Morgan fingerprint density at radius 3 is 2.46 bits per heavy atom. The van der Waals surface area contributed by atoms with Gasteiger partial charge in [0, 0.05) is 18.3 Å². The molecule has 24 heavy (non-hydrogen) atoms. The summed E-state index contributed by atoms with van der Waals surface area (Å²) in [6, 6.07) is 8.88. The monoisotopic (exact) mass is 330 g/mol. The van der Waals surface area contributed by atoms with Crippen molar-refractivity contribution in [2.45, 2.75) is 26.7 Å². The van der Waals surface area contributed by atoms with Crippen LogP contribution in [-0.2, 0) is 11.2 Å². The lowest BCUT2D eigenvalue weighted by Gasteiger charge is -2.21. The Kier molecular flexibility index (Phi) is 6.36. The first-order chi connectivity index (χ1) is 11.6. The highest BCUT2D eigenvalue weighted by Crippen LogP contribution is 2.11. The van der Waals surface area contributed by atoms with Crippen molar-refractivity contribution in [3.8, 4) is 0 Å². The van der Waals surface area contributed by atoms with Gasteiger partial charge in [-0.05, 0) is 30.5 Å². The minimum atomic E-state index is -0.325. The molecule has 1 aromatic carbocycles. The summed E-state index contributed by atoms with van der Waals surface area (Å²) in [5.41, 5.74) is 1.90. The summed E-state index contributed by atoms with van der Waals surface area (Å²) in [5.74, 6) is 0.000780. The van der Waals surface area contributed by atoms with Crippen molar-refractivity contribution in [1.82, 2.24) is 10.1 Å². The number of carbonyl (C=O) groups is 2. The Morgan fingerprint density at radius 1 is 1.12 bits per heavy atom. The summed E-state index contributed by atoms with van der Waals surface area (Å²) in [4.78, 5) is 25.9. The van der Waals surface area contributed by atoms with Crippen LogP contribution in [0.5, 0.6) is 0 Å². The molecule has 0 aliphatic carbocycles. The smallest absolute Gasteiger partial charge is 0.322 e. The first-order valence-corrected chi connectivity index (χ1v) is 7.97. The molecule has 0 bridgehead atoms. The molecule has 0 atom stereocenters. The predicted molar refractivity (Wildman–Crippen MR) is 91.8 cm³/mol. The fourth-order valence-corrected chi connectivity index (χ4v) is 2.18. The van der Waals surface area contributed by atoms with Crippen molar-refractivity contribution in [1.29, 1.82) is 0 Å². The van der Waals surface area contributed by atoms with Crippen LogP contribution in [0.15, 0.2) is 41.1 Å². The van der Waals surface area contributed by atoms with Crippen molar-refractivity contribution in [2.24, 2.45) is 0 Å². The number of rotatable bonds is 7. The van der Waals surface area contributed by atoms with E-state index in [1.807, 2.05) is 31.2 Å². The molecule has 0 saturated carbocycles. The third kappa shape index (κ3) is 5.12. The molecule has 2 N–H and O–H groups in total. The Morgan fingerprint density at radius 2 is 1.88 bits per heavy atom. The van der Waals surface area contributed by atoms with Crippen LogP contribution in [0.2, 0.25) is 0 Å². The lowest BCUT2D eigenvalue weighted by Crippen LogP contribution is -2.41. The molecule has 2 aromatic rings. The van der Waals surface area contributed by atoms with Crippen molar-refractivity contribution >= 4 is 23.4 Å². The SMILES string of the molecule is CCCN(CC(=O)Nc1ccon1)C(=O)Nc1ccc(CC)cc1. The van der Waals surface area contributed by atoms with Gasteiger partial charge in [0.2, 0.25) is 5.91 Å². The van der Waals surface area contributed by atoms with E-state index in [1.165, 1.54) is 22.8 Å². The van der Waals surface area contributed by atoms with Crippen molar-refractivity contribution < 1.29 is 14.1 Å². The van der Waals surface area contributed by atoms with Crippen LogP contribution in [0.1, 0.15) is 25.8 Å². The zero-order valence-electron chi connectivity index (χ0n) is 13.9. The molecule has 0 spiro atoms. The molecule has 2 rings (SSSR count). The second-order valence-corrected chi connectivity index (χ2v) is 5.34. The Balaban J connectivity index is 1.94. The van der Waals surface area contributed by atoms with E-state index in [4.69, 9.17) is 0 Å². The lowest BCUT2D eigenvalue weighted by molar-refractivity contribution is -0.116. The highest BCUT2D eigenvalue weighted by Gasteiger charge is 2.17. The zero-order chi connectivity index (χ0) is 17.4. The van der Waals surface area contributed by atoms with Crippen molar-refractivity contribution in [3.63, 3.8) is 0 Å². The van der Waals surface area contributed by atoms with E-state index in [0.29, 0.717) is 18.1 Å². The Bertz CT molecular complexity index is 653. The molecule has 3 amide bonds. The van der Waals surface area contributed by atoms with E-state index in [0.717, 1.165) is 12.8 Å². The van der Waals surface area contributed by atoms with Gasteiger partial charge in [-0.3, -0.25) is 4.79 Å². The summed E-state index contributed by atoms with van der Waals surface area (Å²) in [5, 5.41) is 9.01. The topological polar surface area (TPSA) is 87.5 Å². The standard InChI is InChI=1S/C17H22N4O3/c1-3-10-21(12-16(22)19-15-9-11-24-20-15)17(23)18-14-7-5-13(4-2)6-8-14/h5-9,11H,3-4,10,12H2,1-2H3,(H,18,23)(H,19,20,22). The molecule has 0 fully saturated rings. The normalized spacial score (nSPS) is 10.2. The molecule has 0 unspecified atom stereocenters. The van der Waals surface area contributed by atoms with Gasteiger partial charge in [0.15, 0.2) is 5.82 Å². The predicted octanol–water partition coefficient (Wildman–Crippen LogP) is 3.12. The third-order valence-electron chi connectivity index (χ3n) is 3.43. The summed E-state index contributed by atoms with van der Waals surface area (Å²) >= 11 is 0. The summed E-state index contributed by atoms with van der Waals surface area (Å²) in [7, 11) is 0. The summed E-state index contributed by atoms with van der Waals surface area (Å²) < 4.78 is 4.66. The van der Waals surface area contributed by atoms with Crippen LogP contribution in [0.25, 0.3) is 0 Å². The first kappa shape index (κ1) is 17.5. The molecule has 0 aliphatic heterocycles. The molecule has 128 valence electrons. The first-order valence-electron chi connectivity index (χ1n) is 7.97. The van der Waals surface area contributed by atoms with Gasteiger partial charge in [0.05, 0.1) is 0 Å². The minimum Gasteiger partial charge on any atom is -0.363 e. The van der Waals surface area contributed by atoms with E-state index in [9.17, 15) is 9.59 Å². The van der Waals surface area contributed by atoms with Crippen LogP contribution >= 0.6 is 0 Å². The van der Waals surface area contributed by atoms with Gasteiger partial charge in [-0.15, -0.1) is 0 Å². The van der Waals surface area contributed by atoms with E-state index in [-0.39, 0.29) is 18.5 Å². The number of amides is 3. The third-order valence-corrected chi connectivity index (χ3v) is 3.43. The van der Waals surface area contributed by atoms with Crippen molar-refractivity contribution in [2.75, 3.05) is 23.7 Å². The second kappa shape index (κ2) is 8.71. The molecule has 1 heterocycles. The maximum absolute atomic E-state index is 12.4. The number of hydrogen-bond donors (Lipinski definition) is 2. The Hall–Kier alpha value is -2.83. The zero-order valence-corrected chi connectivity index (χ0v) is 13.9. The number of aryl methyl sites for hydroxylation is 1. The quantitative estimate of drug-likeness (QED) is 0.816. The number of urea groups is 1. The number of benzene rings is 1. The summed E-state index contributed by atoms with van der Waals surface area (Å²) in [6.07, 6.45) is 3.06. The van der Waals surface area contributed by atoms with Crippen LogP contribution in [-0.4, -0.2) is 35.1 Å². The van der Waals surface area contributed by atoms with Gasteiger partial charge in [0.1, 0.15) is 12.8 Å². The lowest BCUT2D eigenvalue weighted by atomic mass is 10.1. The molecule has 0 aliphatic rings. The van der Waals surface area contributed by atoms with Gasteiger partial charge in [-0.2, -0.15) is 0 Å². The van der Waals surface area contributed by atoms with E-state index >= 15 is 0 Å². The van der Waals surface area contributed by atoms with Gasteiger partial charge >= 0.3 is 6.03 Å². The molecule has 0 radical (unpaired) electrons. The van der Waals surface area contributed by atoms with Crippen LogP contribution < -0.4 is 10.6 Å². The maximum Gasteiger partial charge on any atom is 0.322 e. The maximum atomic E-state index is 12.4. The number of aromatic nitrogens is 1. The number of nitrogens with zero attached hydrogens (tertiary/aromatic N) is 2. The van der Waals surface area contributed by atoms with Gasteiger partial charge in [0.25, 0.3) is 0 Å². The van der Waals surface area contributed by atoms with Crippen LogP contribution in [0.4, 0.5) is 16.3 Å². The molecule has 7 heteroatoms. The molecular weight excluding hydrogens is 308 g/mol. The highest BCUT2D eigenvalue weighted by atomic mass is 16.5. The fourth-order valence-electron chi connectivity index (χ4n) is 2.18. The van der Waals surface area contributed by atoms with E-state index < -0.39 is 0 Å². The average molecular weight is 330 g/mol. The number of nitrogens with one attached hydrogen (secondary N) is 2. The van der Waals surface area contributed by atoms with Crippen molar-refractivity contribution in [3.05, 3.63) is 42.2 Å².